The number of rotatable bonds is 5. The monoisotopic (exact) mass is 493 g/mol. The number of hydrogen-bond acceptors (Lipinski definition) is 6. The summed E-state index contributed by atoms with van der Waals surface area (Å²) in [5, 5.41) is 8.19. The Hall–Kier alpha value is -4.37. The van der Waals surface area contributed by atoms with E-state index < -0.39 is 0 Å². The standard InChI is InChI=1S/C28H24FN7O/c29-23-12-24-22(11-21(23)19-10-17(13-30-14-19)15-36-7-2-1-3-8-36)26(35-34-24)28-32-25-20(18-5-9-37-16-18)4-6-31-27(25)33-28/h4-6,9-14,16H,1-3,7-8,15H2,(H,34,35)(H,31,32,33). The molecule has 1 aromatic carbocycles. The molecule has 6 aromatic rings. The molecule has 1 aliphatic rings. The Bertz CT molecular complexity index is 1710. The molecule has 0 amide bonds. The van der Waals surface area contributed by atoms with Gasteiger partial charge >= 0.3 is 0 Å². The van der Waals surface area contributed by atoms with E-state index in [2.05, 4.69) is 35.0 Å². The fourth-order valence-corrected chi connectivity index (χ4v) is 5.22. The van der Waals surface area contributed by atoms with E-state index in [4.69, 9.17) is 4.42 Å². The largest absolute Gasteiger partial charge is 0.472 e. The first-order valence-corrected chi connectivity index (χ1v) is 12.4. The summed E-state index contributed by atoms with van der Waals surface area (Å²) in [5.74, 6) is 0.229. The van der Waals surface area contributed by atoms with E-state index in [0.29, 0.717) is 28.2 Å². The maximum Gasteiger partial charge on any atom is 0.178 e. The Labute approximate surface area is 211 Å². The van der Waals surface area contributed by atoms with Crippen molar-refractivity contribution in [2.45, 2.75) is 25.8 Å². The number of halogens is 1. The van der Waals surface area contributed by atoms with Crippen molar-refractivity contribution >= 4 is 22.1 Å². The third-order valence-electron chi connectivity index (χ3n) is 7.06. The number of H-pyrrole nitrogens is 2. The lowest BCUT2D eigenvalue weighted by atomic mass is 10.0. The van der Waals surface area contributed by atoms with Gasteiger partial charge in [-0.2, -0.15) is 5.10 Å². The number of furan rings is 1. The Balaban J connectivity index is 1.29. The van der Waals surface area contributed by atoms with E-state index in [1.54, 1.807) is 24.9 Å². The van der Waals surface area contributed by atoms with E-state index in [1.165, 1.54) is 25.3 Å². The van der Waals surface area contributed by atoms with Crippen LogP contribution < -0.4 is 0 Å². The Morgan fingerprint density at radius 1 is 1.00 bits per heavy atom. The predicted octanol–water partition coefficient (Wildman–Crippen LogP) is 5.95. The maximum atomic E-state index is 15.3. The highest BCUT2D eigenvalue weighted by atomic mass is 19.1. The molecule has 0 saturated carbocycles. The van der Waals surface area contributed by atoms with Gasteiger partial charge in [0.1, 0.15) is 11.5 Å². The Morgan fingerprint density at radius 2 is 1.92 bits per heavy atom. The molecule has 37 heavy (non-hydrogen) atoms. The first kappa shape index (κ1) is 21.9. The molecule has 0 radical (unpaired) electrons. The fourth-order valence-electron chi connectivity index (χ4n) is 5.22. The van der Waals surface area contributed by atoms with E-state index in [0.717, 1.165) is 52.8 Å². The molecule has 6 heterocycles. The minimum Gasteiger partial charge on any atom is -0.472 e. The first-order valence-electron chi connectivity index (χ1n) is 12.4. The van der Waals surface area contributed by atoms with Crippen LogP contribution in [0.3, 0.4) is 0 Å². The van der Waals surface area contributed by atoms with Crippen molar-refractivity contribution in [1.29, 1.82) is 0 Å². The van der Waals surface area contributed by atoms with Gasteiger partial charge in [0.05, 0.1) is 23.6 Å². The van der Waals surface area contributed by atoms with Gasteiger partial charge in [0, 0.05) is 58.8 Å². The number of aromatic amines is 2. The molecular weight excluding hydrogens is 469 g/mol. The smallest absolute Gasteiger partial charge is 0.178 e. The second kappa shape index (κ2) is 8.94. The van der Waals surface area contributed by atoms with Crippen LogP contribution in [0.15, 0.2) is 65.9 Å². The van der Waals surface area contributed by atoms with E-state index in [-0.39, 0.29) is 5.82 Å². The lowest BCUT2D eigenvalue weighted by Crippen LogP contribution is -2.29. The van der Waals surface area contributed by atoms with E-state index in [1.807, 2.05) is 30.5 Å². The number of piperidine rings is 1. The summed E-state index contributed by atoms with van der Waals surface area (Å²) in [4.78, 5) is 19.3. The van der Waals surface area contributed by atoms with Crippen molar-refractivity contribution in [2.75, 3.05) is 13.1 Å². The van der Waals surface area contributed by atoms with Crippen LogP contribution in [-0.2, 0) is 6.54 Å². The number of benzene rings is 1. The minimum atomic E-state index is -0.326. The summed E-state index contributed by atoms with van der Waals surface area (Å²) < 4.78 is 20.5. The highest BCUT2D eigenvalue weighted by Gasteiger charge is 2.19. The van der Waals surface area contributed by atoms with Crippen LogP contribution in [0.25, 0.3) is 55.8 Å². The second-order valence-electron chi connectivity index (χ2n) is 9.52. The second-order valence-corrected chi connectivity index (χ2v) is 9.52. The molecule has 0 spiro atoms. The summed E-state index contributed by atoms with van der Waals surface area (Å²) >= 11 is 0. The van der Waals surface area contributed by atoms with Gasteiger partial charge in [-0.15, -0.1) is 0 Å². The van der Waals surface area contributed by atoms with Crippen LogP contribution in [0, 0.1) is 5.82 Å². The third-order valence-corrected chi connectivity index (χ3v) is 7.06. The van der Waals surface area contributed by atoms with E-state index >= 15 is 4.39 Å². The maximum absolute atomic E-state index is 15.3. The van der Waals surface area contributed by atoms with Gasteiger partial charge in [0.25, 0.3) is 0 Å². The molecular formula is C28H24FN7O. The molecule has 0 unspecified atom stereocenters. The fraction of sp³-hybridized carbons (Fsp3) is 0.214. The number of nitrogens with one attached hydrogen (secondary N) is 2. The quantitative estimate of drug-likeness (QED) is 0.308. The van der Waals surface area contributed by atoms with Crippen molar-refractivity contribution in [1.82, 2.24) is 35.0 Å². The first-order chi connectivity index (χ1) is 18.2. The van der Waals surface area contributed by atoms with Gasteiger partial charge in [-0.25, -0.2) is 14.4 Å². The topological polar surface area (TPSA) is 99.5 Å². The summed E-state index contributed by atoms with van der Waals surface area (Å²) in [5.41, 5.74) is 6.72. The minimum absolute atomic E-state index is 0.326. The van der Waals surface area contributed by atoms with Crippen molar-refractivity contribution in [2.24, 2.45) is 0 Å². The molecule has 1 saturated heterocycles. The summed E-state index contributed by atoms with van der Waals surface area (Å²) in [6, 6.07) is 9.14. The summed E-state index contributed by atoms with van der Waals surface area (Å²) in [6.07, 6.45) is 12.4. The molecule has 0 atom stereocenters. The lowest BCUT2D eigenvalue weighted by Gasteiger charge is -2.26. The number of likely N-dealkylation sites (tertiary alicyclic amines) is 1. The van der Waals surface area contributed by atoms with Crippen molar-refractivity contribution in [3.63, 3.8) is 0 Å². The molecule has 0 bridgehead atoms. The van der Waals surface area contributed by atoms with Crippen molar-refractivity contribution in [3.05, 3.63) is 72.8 Å². The Morgan fingerprint density at radius 3 is 2.78 bits per heavy atom. The number of imidazole rings is 1. The highest BCUT2D eigenvalue weighted by molar-refractivity contribution is 5.97. The molecule has 9 heteroatoms. The zero-order valence-electron chi connectivity index (χ0n) is 20.0. The average Bonchev–Trinajstić information content (AvgIpc) is 3.68. The van der Waals surface area contributed by atoms with Gasteiger partial charge in [0.15, 0.2) is 11.5 Å². The molecule has 8 nitrogen and oxygen atoms in total. The zero-order valence-corrected chi connectivity index (χ0v) is 20.0. The summed E-state index contributed by atoms with van der Waals surface area (Å²) in [6.45, 7) is 3.02. The predicted molar refractivity (Wildman–Crippen MR) is 139 cm³/mol. The average molecular weight is 494 g/mol. The number of hydrogen-bond donors (Lipinski definition) is 2. The van der Waals surface area contributed by atoms with Crippen LogP contribution in [0.4, 0.5) is 4.39 Å². The molecule has 5 aromatic heterocycles. The van der Waals surface area contributed by atoms with Gasteiger partial charge in [-0.05, 0) is 55.8 Å². The van der Waals surface area contributed by atoms with Crippen LogP contribution in [0.2, 0.25) is 0 Å². The number of pyridine rings is 2. The van der Waals surface area contributed by atoms with Crippen molar-refractivity contribution < 1.29 is 8.81 Å². The normalized spacial score (nSPS) is 14.6. The molecule has 2 N–H and O–H groups in total. The highest BCUT2D eigenvalue weighted by Crippen LogP contribution is 2.34. The molecule has 1 aliphatic heterocycles. The van der Waals surface area contributed by atoms with Crippen LogP contribution in [-0.4, -0.2) is 48.1 Å². The van der Waals surface area contributed by atoms with Gasteiger partial charge < -0.3 is 9.40 Å². The van der Waals surface area contributed by atoms with Crippen LogP contribution >= 0.6 is 0 Å². The van der Waals surface area contributed by atoms with Gasteiger partial charge in [-0.1, -0.05) is 6.42 Å². The number of aromatic nitrogens is 6. The van der Waals surface area contributed by atoms with Crippen LogP contribution in [0.1, 0.15) is 24.8 Å². The lowest BCUT2D eigenvalue weighted by molar-refractivity contribution is 0.220. The SMILES string of the molecule is Fc1cc2[nH]nc(-c3nc4nccc(-c5ccoc5)c4[nH]3)c2cc1-c1cncc(CN2CCCCC2)c1. The van der Waals surface area contributed by atoms with Crippen LogP contribution in [0.5, 0.6) is 0 Å². The molecule has 1 fully saturated rings. The number of fused-ring (bicyclic) bond motifs is 2. The van der Waals surface area contributed by atoms with E-state index in [9.17, 15) is 0 Å². The Kier molecular flexibility index (Phi) is 5.28. The van der Waals surface area contributed by atoms with Gasteiger partial charge in [-0.3, -0.25) is 15.0 Å². The number of nitrogens with zero attached hydrogens (tertiary/aromatic N) is 5. The summed E-state index contributed by atoms with van der Waals surface area (Å²) in [7, 11) is 0. The molecule has 7 rings (SSSR count). The third kappa shape index (κ3) is 3.97. The van der Waals surface area contributed by atoms with Crippen molar-refractivity contribution in [3.8, 4) is 33.8 Å². The zero-order chi connectivity index (χ0) is 24.8. The molecule has 0 aliphatic carbocycles. The molecule has 184 valence electrons. The van der Waals surface area contributed by atoms with Gasteiger partial charge in [0.2, 0.25) is 0 Å².